The average Bonchev–Trinajstić information content (AvgIpc) is 3.00. The quantitative estimate of drug-likeness (QED) is 0.710. The molecule has 0 bridgehead atoms. The van der Waals surface area contributed by atoms with Crippen LogP contribution in [0.15, 0.2) is 0 Å². The Morgan fingerprint density at radius 3 is 2.53 bits per heavy atom. The van der Waals surface area contributed by atoms with Gasteiger partial charge >= 0.3 is 0 Å². The van der Waals surface area contributed by atoms with Crippen molar-refractivity contribution in [3.63, 3.8) is 0 Å². The van der Waals surface area contributed by atoms with Gasteiger partial charge in [0, 0.05) is 16.8 Å². The van der Waals surface area contributed by atoms with Gasteiger partial charge in [-0.1, -0.05) is 42.6 Å². The zero-order valence-electron chi connectivity index (χ0n) is 9.81. The Morgan fingerprint density at radius 2 is 2.13 bits per heavy atom. The zero-order chi connectivity index (χ0) is 11.3. The number of hydrogen-bond donors (Lipinski definition) is 1. The minimum atomic E-state index is 0.108. The van der Waals surface area contributed by atoms with Gasteiger partial charge in [0.2, 0.25) is 5.91 Å². The highest BCUT2D eigenvalue weighted by atomic mass is 79.9. The maximum absolute atomic E-state index is 12.0. The van der Waals surface area contributed by atoms with E-state index in [1.165, 1.54) is 6.42 Å². The van der Waals surface area contributed by atoms with Crippen LogP contribution in [0.4, 0.5) is 0 Å². The number of hydrogen-bond acceptors (Lipinski definition) is 1. The lowest BCUT2D eigenvalue weighted by Crippen LogP contribution is -2.41. The van der Waals surface area contributed by atoms with Gasteiger partial charge < -0.3 is 5.32 Å². The predicted octanol–water partition coefficient (Wildman–Crippen LogP) is 3.25. The fraction of sp³-hybridized carbons (Fsp3) is 0.917. The highest BCUT2D eigenvalue weighted by Crippen LogP contribution is 2.37. The van der Waals surface area contributed by atoms with Crippen LogP contribution in [-0.2, 0) is 4.79 Å². The molecule has 2 nitrogen and oxygen atoms in total. The van der Waals surface area contributed by atoms with Gasteiger partial charge in [-0.15, -0.1) is 0 Å². The van der Waals surface area contributed by atoms with Gasteiger partial charge in [-0.3, -0.25) is 4.79 Å². The van der Waals surface area contributed by atoms with E-state index in [0.717, 1.165) is 37.4 Å². The monoisotopic (exact) mass is 275 g/mol. The third-order valence-corrected chi connectivity index (χ3v) is 4.34. The molecule has 1 amide bonds. The van der Waals surface area contributed by atoms with Gasteiger partial charge in [-0.25, -0.2) is 0 Å². The molecular formula is C12H22BrNO. The van der Waals surface area contributed by atoms with Crippen molar-refractivity contribution >= 4 is 21.8 Å². The molecule has 1 aliphatic rings. The topological polar surface area (TPSA) is 29.1 Å². The number of nitrogens with one attached hydrogen (secondary N) is 1. The molecule has 1 fully saturated rings. The molecule has 1 rings (SSSR count). The molecule has 1 N–H and O–H groups in total. The van der Waals surface area contributed by atoms with E-state index in [1.54, 1.807) is 0 Å². The van der Waals surface area contributed by atoms with E-state index in [4.69, 9.17) is 0 Å². The van der Waals surface area contributed by atoms with Gasteiger partial charge in [-0.2, -0.15) is 0 Å². The van der Waals surface area contributed by atoms with E-state index < -0.39 is 0 Å². The van der Waals surface area contributed by atoms with Crippen molar-refractivity contribution in [2.75, 3.05) is 5.33 Å². The number of carbonyl (C=O) groups excluding carboxylic acids is 1. The lowest BCUT2D eigenvalue weighted by atomic mass is 9.98. The first-order valence-electron chi connectivity index (χ1n) is 6.05. The van der Waals surface area contributed by atoms with Crippen LogP contribution in [0.1, 0.15) is 52.4 Å². The third-order valence-electron chi connectivity index (χ3n) is 3.27. The molecule has 1 aliphatic carbocycles. The summed E-state index contributed by atoms with van der Waals surface area (Å²) in [5, 5.41) is 4.09. The number of halogens is 1. The van der Waals surface area contributed by atoms with Crippen molar-refractivity contribution in [3.8, 4) is 0 Å². The Bertz CT molecular complexity index is 214. The molecule has 15 heavy (non-hydrogen) atoms. The summed E-state index contributed by atoms with van der Waals surface area (Å²) in [5.74, 6) is 0.490. The highest BCUT2D eigenvalue weighted by molar-refractivity contribution is 9.09. The number of amides is 1. The Labute approximate surface area is 101 Å². The molecule has 0 aliphatic heterocycles. The Kier molecular flexibility index (Phi) is 5.10. The van der Waals surface area contributed by atoms with E-state index in [1.807, 2.05) is 0 Å². The van der Waals surface area contributed by atoms with E-state index in [-0.39, 0.29) is 17.4 Å². The maximum Gasteiger partial charge on any atom is 0.223 e. The normalized spacial score (nSPS) is 19.7. The van der Waals surface area contributed by atoms with Crippen LogP contribution >= 0.6 is 15.9 Å². The Hall–Kier alpha value is -0.0500. The molecule has 1 atom stereocenters. The van der Waals surface area contributed by atoms with Crippen LogP contribution in [0.25, 0.3) is 0 Å². The Morgan fingerprint density at radius 1 is 1.47 bits per heavy atom. The van der Waals surface area contributed by atoms with Crippen LogP contribution in [0, 0.1) is 5.92 Å². The van der Waals surface area contributed by atoms with Gasteiger partial charge in [0.15, 0.2) is 0 Å². The molecule has 0 aromatic heterocycles. The van der Waals surface area contributed by atoms with Crippen molar-refractivity contribution in [1.82, 2.24) is 5.32 Å². The molecule has 0 aromatic carbocycles. The fourth-order valence-electron chi connectivity index (χ4n) is 1.78. The van der Waals surface area contributed by atoms with Crippen LogP contribution in [0.3, 0.4) is 0 Å². The van der Waals surface area contributed by atoms with Gasteiger partial charge in [0.05, 0.1) is 0 Å². The second-order valence-electron chi connectivity index (χ2n) is 4.65. The first kappa shape index (κ1) is 13.0. The molecule has 0 heterocycles. The van der Waals surface area contributed by atoms with E-state index in [9.17, 15) is 4.79 Å². The van der Waals surface area contributed by atoms with Crippen molar-refractivity contribution < 1.29 is 4.79 Å². The smallest absolute Gasteiger partial charge is 0.223 e. The SMILES string of the molecule is CCCCC(CC)C(=O)NC1(CBr)CC1. The van der Waals surface area contributed by atoms with Crippen molar-refractivity contribution in [2.24, 2.45) is 5.92 Å². The lowest BCUT2D eigenvalue weighted by molar-refractivity contribution is -0.126. The summed E-state index contributed by atoms with van der Waals surface area (Å²) in [7, 11) is 0. The summed E-state index contributed by atoms with van der Waals surface area (Å²) in [5.41, 5.74) is 0.108. The second kappa shape index (κ2) is 5.88. The van der Waals surface area contributed by atoms with Gasteiger partial charge in [0.25, 0.3) is 0 Å². The number of carbonyl (C=O) groups is 1. The second-order valence-corrected chi connectivity index (χ2v) is 5.21. The van der Waals surface area contributed by atoms with E-state index >= 15 is 0 Å². The molecule has 3 heteroatoms. The minimum Gasteiger partial charge on any atom is -0.350 e. The molecule has 0 spiro atoms. The average molecular weight is 276 g/mol. The van der Waals surface area contributed by atoms with Crippen LogP contribution in [0.5, 0.6) is 0 Å². The maximum atomic E-state index is 12.0. The molecular weight excluding hydrogens is 254 g/mol. The number of rotatable bonds is 7. The number of unbranched alkanes of at least 4 members (excludes halogenated alkanes) is 1. The summed E-state index contributed by atoms with van der Waals surface area (Å²) < 4.78 is 0. The predicted molar refractivity (Wildman–Crippen MR) is 67.2 cm³/mol. The standard InChI is InChI=1S/C12H22BrNO/c1-3-5-6-10(4-2)11(15)14-12(9-13)7-8-12/h10H,3-9H2,1-2H3,(H,14,15). The van der Waals surface area contributed by atoms with Crippen LogP contribution in [-0.4, -0.2) is 16.8 Å². The Balaban J connectivity index is 2.36. The van der Waals surface area contributed by atoms with Crippen molar-refractivity contribution in [1.29, 1.82) is 0 Å². The molecule has 0 saturated heterocycles. The summed E-state index contributed by atoms with van der Waals surface area (Å²) in [6.07, 6.45) is 6.60. The first-order chi connectivity index (χ1) is 7.17. The van der Waals surface area contributed by atoms with Gasteiger partial charge in [0.1, 0.15) is 0 Å². The first-order valence-corrected chi connectivity index (χ1v) is 7.17. The molecule has 0 radical (unpaired) electrons. The molecule has 0 aromatic rings. The summed E-state index contributed by atoms with van der Waals surface area (Å²) in [6, 6.07) is 0. The third kappa shape index (κ3) is 3.78. The summed E-state index contributed by atoms with van der Waals surface area (Å²) in [6.45, 7) is 4.28. The highest BCUT2D eigenvalue weighted by Gasteiger charge is 2.43. The fourth-order valence-corrected chi connectivity index (χ4v) is 2.48. The molecule has 88 valence electrons. The van der Waals surface area contributed by atoms with Crippen molar-refractivity contribution in [2.45, 2.75) is 57.9 Å². The zero-order valence-corrected chi connectivity index (χ0v) is 11.4. The summed E-state index contributed by atoms with van der Waals surface area (Å²) in [4.78, 5) is 12.0. The largest absolute Gasteiger partial charge is 0.350 e. The van der Waals surface area contributed by atoms with E-state index in [2.05, 4.69) is 35.1 Å². The number of alkyl halides is 1. The van der Waals surface area contributed by atoms with Gasteiger partial charge in [-0.05, 0) is 25.7 Å². The van der Waals surface area contributed by atoms with E-state index in [0.29, 0.717) is 0 Å². The molecule has 1 saturated carbocycles. The molecule has 1 unspecified atom stereocenters. The van der Waals surface area contributed by atoms with Crippen LogP contribution in [0.2, 0.25) is 0 Å². The van der Waals surface area contributed by atoms with Crippen molar-refractivity contribution in [3.05, 3.63) is 0 Å². The minimum absolute atomic E-state index is 0.108. The lowest BCUT2D eigenvalue weighted by Gasteiger charge is -2.19. The summed E-state index contributed by atoms with van der Waals surface area (Å²) >= 11 is 3.47. The van der Waals surface area contributed by atoms with Crippen LogP contribution < -0.4 is 5.32 Å².